The van der Waals surface area contributed by atoms with Crippen molar-refractivity contribution in [2.75, 3.05) is 25.0 Å². The van der Waals surface area contributed by atoms with E-state index in [4.69, 9.17) is 10.5 Å². The molecule has 1 aliphatic rings. The number of hydrogen-bond donors (Lipinski definition) is 3. The molecule has 2 unspecified atom stereocenters. The Bertz CT molecular complexity index is 632. The second-order valence-electron chi connectivity index (χ2n) is 6.30. The fourth-order valence-corrected chi connectivity index (χ4v) is 2.80. The Labute approximate surface area is 145 Å². The number of benzene rings is 1. The number of ether oxygens (including phenoxy) is 1. The topological polar surface area (TPSA) is 122 Å². The monoisotopic (exact) mass is 349 g/mol. The minimum absolute atomic E-state index is 0.135. The summed E-state index contributed by atoms with van der Waals surface area (Å²) in [5, 5.41) is 11.9. The summed E-state index contributed by atoms with van der Waals surface area (Å²) in [7, 11) is 0. The number of amides is 3. The molecule has 0 aliphatic carbocycles. The molecule has 1 aliphatic heterocycles. The van der Waals surface area contributed by atoms with Crippen LogP contribution in [0, 0.1) is 11.8 Å². The van der Waals surface area contributed by atoms with Crippen LogP contribution >= 0.6 is 0 Å². The van der Waals surface area contributed by atoms with Crippen LogP contribution in [0.4, 0.5) is 10.5 Å². The number of piperidine rings is 1. The summed E-state index contributed by atoms with van der Waals surface area (Å²) in [6.07, 6.45) is 0.715. The number of hydrogen-bond acceptors (Lipinski definition) is 4. The second-order valence-corrected chi connectivity index (χ2v) is 6.30. The first-order valence-electron chi connectivity index (χ1n) is 8.15. The summed E-state index contributed by atoms with van der Waals surface area (Å²) < 4.78 is 5.36. The summed E-state index contributed by atoms with van der Waals surface area (Å²) in [4.78, 5) is 35.7. The fraction of sp³-hybridized carbons (Fsp3) is 0.471. The van der Waals surface area contributed by atoms with E-state index in [1.165, 1.54) is 4.90 Å². The van der Waals surface area contributed by atoms with Crippen LogP contribution in [-0.4, -0.2) is 47.6 Å². The summed E-state index contributed by atoms with van der Waals surface area (Å²) >= 11 is 0. The lowest BCUT2D eigenvalue weighted by Gasteiger charge is -2.34. The van der Waals surface area contributed by atoms with Crippen molar-refractivity contribution in [1.29, 1.82) is 0 Å². The molecule has 136 valence electrons. The molecule has 2 atom stereocenters. The molecule has 8 nitrogen and oxygen atoms in total. The number of urea groups is 1. The Morgan fingerprint density at radius 2 is 1.96 bits per heavy atom. The Hall–Kier alpha value is -2.77. The summed E-state index contributed by atoms with van der Waals surface area (Å²) in [5.74, 6) is -1.13. The highest BCUT2D eigenvalue weighted by Gasteiger charge is 2.31. The van der Waals surface area contributed by atoms with Gasteiger partial charge < -0.3 is 25.8 Å². The highest BCUT2D eigenvalue weighted by atomic mass is 16.5. The fourth-order valence-electron chi connectivity index (χ4n) is 2.80. The van der Waals surface area contributed by atoms with Gasteiger partial charge in [0.05, 0.1) is 18.9 Å². The number of carboxylic acid groups (broad SMARTS) is 1. The van der Waals surface area contributed by atoms with Crippen molar-refractivity contribution in [2.45, 2.75) is 19.8 Å². The third-order valence-electron chi connectivity index (χ3n) is 4.02. The zero-order valence-electron chi connectivity index (χ0n) is 14.1. The van der Waals surface area contributed by atoms with Gasteiger partial charge in [0.2, 0.25) is 5.91 Å². The molecule has 3 amide bonds. The molecule has 1 aromatic rings. The van der Waals surface area contributed by atoms with Gasteiger partial charge in [0.1, 0.15) is 5.75 Å². The van der Waals surface area contributed by atoms with Crippen LogP contribution in [0.1, 0.15) is 19.8 Å². The quantitative estimate of drug-likeness (QED) is 0.718. The molecule has 0 aromatic heterocycles. The highest BCUT2D eigenvalue weighted by Crippen LogP contribution is 2.23. The van der Waals surface area contributed by atoms with Gasteiger partial charge in [-0.1, -0.05) is 6.92 Å². The third-order valence-corrected chi connectivity index (χ3v) is 4.02. The van der Waals surface area contributed by atoms with Crippen LogP contribution in [0.15, 0.2) is 24.3 Å². The molecule has 1 fully saturated rings. The zero-order valence-corrected chi connectivity index (χ0v) is 14.1. The highest BCUT2D eigenvalue weighted by molar-refractivity contribution is 5.89. The minimum atomic E-state index is -0.873. The largest absolute Gasteiger partial charge is 0.493 e. The molecule has 4 N–H and O–H groups in total. The van der Waals surface area contributed by atoms with Crippen molar-refractivity contribution in [3.05, 3.63) is 24.3 Å². The molecule has 0 spiro atoms. The number of carbonyl (C=O) groups is 3. The number of primary amides is 1. The van der Waals surface area contributed by atoms with Gasteiger partial charge in [-0.3, -0.25) is 9.59 Å². The number of likely N-dealkylation sites (tertiary alicyclic amines) is 1. The maximum Gasteiger partial charge on any atom is 0.321 e. The average molecular weight is 349 g/mol. The standard InChI is InChI=1S/C17H23N3O5/c1-11-8-12(16(22)23)10-20(9-11)17(24)19-13-2-4-14(5-3-13)25-7-6-15(18)21/h2-5,11-12H,6-10H2,1H3,(H2,18,21)(H,19,24)(H,22,23). The van der Waals surface area contributed by atoms with E-state index >= 15 is 0 Å². The van der Waals surface area contributed by atoms with E-state index in [0.29, 0.717) is 24.4 Å². The number of rotatable bonds is 6. The second kappa shape index (κ2) is 8.36. The van der Waals surface area contributed by atoms with Crippen LogP contribution in [0.3, 0.4) is 0 Å². The van der Waals surface area contributed by atoms with Gasteiger partial charge in [-0.05, 0) is 36.6 Å². The Balaban J connectivity index is 1.89. The predicted octanol–water partition coefficient (Wildman–Crippen LogP) is 1.52. The minimum Gasteiger partial charge on any atom is -0.493 e. The summed E-state index contributed by atoms with van der Waals surface area (Å²) in [5.41, 5.74) is 5.62. The first-order chi connectivity index (χ1) is 11.8. The van der Waals surface area contributed by atoms with Crippen molar-refractivity contribution in [1.82, 2.24) is 4.90 Å². The molecular formula is C17H23N3O5. The van der Waals surface area contributed by atoms with Gasteiger partial charge in [0.15, 0.2) is 0 Å². The lowest BCUT2D eigenvalue weighted by molar-refractivity contribution is -0.143. The van der Waals surface area contributed by atoms with Crippen LogP contribution < -0.4 is 15.8 Å². The number of anilines is 1. The molecule has 2 rings (SSSR count). The van der Waals surface area contributed by atoms with Gasteiger partial charge in [-0.2, -0.15) is 0 Å². The molecule has 8 heteroatoms. The molecule has 1 saturated heterocycles. The smallest absolute Gasteiger partial charge is 0.321 e. The van der Waals surface area contributed by atoms with Crippen LogP contribution in [0.25, 0.3) is 0 Å². The number of carbonyl (C=O) groups excluding carboxylic acids is 2. The SMILES string of the molecule is CC1CC(C(=O)O)CN(C(=O)Nc2ccc(OCCC(N)=O)cc2)C1. The molecular weight excluding hydrogens is 326 g/mol. The van der Waals surface area contributed by atoms with E-state index in [1.807, 2.05) is 6.92 Å². The first-order valence-corrected chi connectivity index (χ1v) is 8.15. The number of nitrogens with two attached hydrogens (primary N) is 1. The zero-order chi connectivity index (χ0) is 18.4. The van der Waals surface area contributed by atoms with Crippen molar-refractivity contribution in [3.63, 3.8) is 0 Å². The maximum atomic E-state index is 12.4. The first kappa shape index (κ1) is 18.6. The van der Waals surface area contributed by atoms with Crippen molar-refractivity contribution >= 4 is 23.6 Å². The molecule has 1 heterocycles. The van der Waals surface area contributed by atoms with Gasteiger partial charge in [0.25, 0.3) is 0 Å². The maximum absolute atomic E-state index is 12.4. The van der Waals surface area contributed by atoms with E-state index in [9.17, 15) is 19.5 Å². The van der Waals surface area contributed by atoms with E-state index in [1.54, 1.807) is 24.3 Å². The van der Waals surface area contributed by atoms with Gasteiger partial charge in [-0.15, -0.1) is 0 Å². The molecule has 0 radical (unpaired) electrons. The van der Waals surface area contributed by atoms with Crippen molar-refractivity contribution in [2.24, 2.45) is 17.6 Å². The van der Waals surface area contributed by atoms with E-state index in [2.05, 4.69) is 5.32 Å². The van der Waals surface area contributed by atoms with Gasteiger partial charge in [0, 0.05) is 18.8 Å². The van der Waals surface area contributed by atoms with Crippen molar-refractivity contribution < 1.29 is 24.2 Å². The third kappa shape index (κ3) is 5.66. The lowest BCUT2D eigenvalue weighted by atomic mass is 9.91. The van der Waals surface area contributed by atoms with Crippen LogP contribution in [-0.2, 0) is 9.59 Å². The number of carboxylic acids is 1. The Morgan fingerprint density at radius 1 is 1.28 bits per heavy atom. The van der Waals surface area contributed by atoms with E-state index in [-0.39, 0.29) is 31.5 Å². The summed E-state index contributed by atoms with van der Waals surface area (Å²) in [6.45, 7) is 2.88. The summed E-state index contributed by atoms with van der Waals surface area (Å²) in [6, 6.07) is 6.39. The number of nitrogens with one attached hydrogen (secondary N) is 1. The average Bonchev–Trinajstić information content (AvgIpc) is 2.55. The number of nitrogens with zero attached hydrogens (tertiary/aromatic N) is 1. The van der Waals surface area contributed by atoms with Crippen molar-refractivity contribution in [3.8, 4) is 5.75 Å². The van der Waals surface area contributed by atoms with Gasteiger partial charge >= 0.3 is 12.0 Å². The normalized spacial score (nSPS) is 20.0. The molecule has 25 heavy (non-hydrogen) atoms. The lowest BCUT2D eigenvalue weighted by Crippen LogP contribution is -2.47. The Morgan fingerprint density at radius 3 is 2.56 bits per heavy atom. The van der Waals surface area contributed by atoms with E-state index < -0.39 is 17.8 Å². The van der Waals surface area contributed by atoms with E-state index in [0.717, 1.165) is 0 Å². The molecule has 0 saturated carbocycles. The van der Waals surface area contributed by atoms with Crippen LogP contribution in [0.5, 0.6) is 5.75 Å². The van der Waals surface area contributed by atoms with Crippen LogP contribution in [0.2, 0.25) is 0 Å². The molecule has 0 bridgehead atoms. The Kier molecular flexibility index (Phi) is 6.21. The predicted molar refractivity (Wildman–Crippen MR) is 91.2 cm³/mol. The van der Waals surface area contributed by atoms with Gasteiger partial charge in [-0.25, -0.2) is 4.79 Å². The molecule has 1 aromatic carbocycles. The number of aliphatic carboxylic acids is 1.